The van der Waals surface area contributed by atoms with Gasteiger partial charge in [0, 0.05) is 11.6 Å². The Morgan fingerprint density at radius 3 is 3.00 bits per heavy atom. The van der Waals surface area contributed by atoms with Crippen molar-refractivity contribution in [3.8, 4) is 5.75 Å². The summed E-state index contributed by atoms with van der Waals surface area (Å²) >= 11 is 5.42. The van der Waals surface area contributed by atoms with E-state index in [1.165, 1.54) is 11.1 Å². The first kappa shape index (κ1) is 13.1. The van der Waals surface area contributed by atoms with Crippen LogP contribution < -0.4 is 10.1 Å². The third-order valence-electron chi connectivity index (χ3n) is 2.30. The van der Waals surface area contributed by atoms with Gasteiger partial charge in [-0.25, -0.2) is 0 Å². The van der Waals surface area contributed by atoms with Gasteiger partial charge >= 0.3 is 0 Å². The Hall–Kier alpha value is -0.990. The summed E-state index contributed by atoms with van der Waals surface area (Å²) in [5.74, 6) is 0.872. The van der Waals surface area contributed by atoms with Gasteiger partial charge in [0.2, 0.25) is 0 Å². The Morgan fingerprint density at radius 2 is 2.31 bits per heavy atom. The molecule has 0 aliphatic carbocycles. The van der Waals surface area contributed by atoms with Gasteiger partial charge in [-0.3, -0.25) is 0 Å². The fraction of sp³-hybridized carbons (Fsp3) is 0.385. The molecule has 1 unspecified atom stereocenters. The Morgan fingerprint density at radius 1 is 1.50 bits per heavy atom. The van der Waals surface area contributed by atoms with Gasteiger partial charge in [0.1, 0.15) is 12.4 Å². The predicted molar refractivity (Wildman–Crippen MR) is 69.0 cm³/mol. The summed E-state index contributed by atoms with van der Waals surface area (Å²) in [5.41, 5.74) is 2.69. The quantitative estimate of drug-likeness (QED) is 0.821. The molecule has 0 heterocycles. The molecule has 88 valence electrons. The summed E-state index contributed by atoms with van der Waals surface area (Å²) in [6.45, 7) is 5.70. The lowest BCUT2D eigenvalue weighted by Gasteiger charge is -2.13. The molecule has 0 aliphatic rings. The highest BCUT2D eigenvalue weighted by Gasteiger charge is 2.04. The van der Waals surface area contributed by atoms with Crippen molar-refractivity contribution in [1.29, 1.82) is 0 Å². The summed E-state index contributed by atoms with van der Waals surface area (Å²) < 4.78 is 5.52. The number of rotatable bonds is 6. The van der Waals surface area contributed by atoms with Crippen molar-refractivity contribution in [3.05, 3.63) is 41.4 Å². The Labute approximate surface area is 102 Å². The smallest absolute Gasteiger partial charge is 0.120 e. The van der Waals surface area contributed by atoms with Gasteiger partial charge in [-0.15, -0.1) is 0 Å². The molecule has 1 aromatic rings. The Balaban J connectivity index is 2.63. The zero-order valence-electron chi connectivity index (χ0n) is 9.74. The largest absolute Gasteiger partial charge is 0.489 e. The van der Waals surface area contributed by atoms with Crippen molar-refractivity contribution < 1.29 is 4.74 Å². The molecule has 1 aromatic carbocycles. The summed E-state index contributed by atoms with van der Waals surface area (Å²) in [7, 11) is 0. The first-order valence-electron chi connectivity index (χ1n) is 5.49. The van der Waals surface area contributed by atoms with E-state index in [9.17, 15) is 0 Å². The van der Waals surface area contributed by atoms with Gasteiger partial charge in [0.05, 0.1) is 0 Å². The second-order valence-electron chi connectivity index (χ2n) is 3.52. The van der Waals surface area contributed by atoms with Crippen molar-refractivity contribution in [2.45, 2.75) is 19.9 Å². The number of benzene rings is 1. The van der Waals surface area contributed by atoms with Crippen LogP contribution in [-0.4, -0.2) is 13.2 Å². The number of hydrogen-bond donors (Lipinski definition) is 1. The zero-order valence-corrected chi connectivity index (χ0v) is 10.5. The molecule has 3 heteroatoms. The molecular weight excluding hydrogens is 222 g/mol. The van der Waals surface area contributed by atoms with E-state index in [1.54, 1.807) is 6.08 Å². The molecule has 1 N–H and O–H groups in total. The molecular formula is C13H18ClNO. The van der Waals surface area contributed by atoms with E-state index in [4.69, 9.17) is 16.3 Å². The first-order chi connectivity index (χ1) is 7.77. The lowest BCUT2D eigenvalue weighted by molar-refractivity contribution is 0.362. The van der Waals surface area contributed by atoms with Gasteiger partial charge < -0.3 is 10.1 Å². The Bertz CT molecular complexity index is 338. The van der Waals surface area contributed by atoms with Gasteiger partial charge in [0.15, 0.2) is 0 Å². The average Bonchev–Trinajstić information content (AvgIpc) is 2.30. The van der Waals surface area contributed by atoms with Crippen molar-refractivity contribution in [2.24, 2.45) is 0 Å². The highest BCUT2D eigenvalue weighted by molar-refractivity contribution is 6.25. The number of ether oxygens (including phenoxy) is 1. The fourth-order valence-corrected chi connectivity index (χ4v) is 1.55. The molecule has 0 radical (unpaired) electrons. The van der Waals surface area contributed by atoms with E-state index in [2.05, 4.69) is 31.3 Å². The van der Waals surface area contributed by atoms with Gasteiger partial charge in [-0.2, -0.15) is 0 Å². The van der Waals surface area contributed by atoms with Crippen molar-refractivity contribution in [1.82, 2.24) is 5.32 Å². The standard InChI is InChI=1S/C13H18ClNO/c1-3-15-11(2)12-6-4-7-13(10-12)16-9-5-8-14/h4-8,10-11,15H,3,9H2,1-2H3/b8-5+. The number of nitrogens with one attached hydrogen (secondary N) is 1. The van der Waals surface area contributed by atoms with E-state index < -0.39 is 0 Å². The lowest BCUT2D eigenvalue weighted by atomic mass is 10.1. The molecule has 1 atom stereocenters. The van der Waals surface area contributed by atoms with Crippen molar-refractivity contribution in [3.63, 3.8) is 0 Å². The highest BCUT2D eigenvalue weighted by atomic mass is 35.5. The zero-order chi connectivity index (χ0) is 11.8. The van der Waals surface area contributed by atoms with E-state index in [-0.39, 0.29) is 0 Å². The average molecular weight is 240 g/mol. The van der Waals surface area contributed by atoms with Crippen LogP contribution in [0.1, 0.15) is 25.5 Å². The maximum atomic E-state index is 5.52. The van der Waals surface area contributed by atoms with Crippen LogP contribution in [-0.2, 0) is 0 Å². The minimum atomic E-state index is 0.345. The first-order valence-corrected chi connectivity index (χ1v) is 5.93. The molecule has 0 spiro atoms. The second kappa shape index (κ2) is 7.31. The van der Waals surface area contributed by atoms with E-state index in [1.807, 2.05) is 12.1 Å². The van der Waals surface area contributed by atoms with Gasteiger partial charge in [0.25, 0.3) is 0 Å². The molecule has 0 aromatic heterocycles. The molecule has 0 saturated carbocycles. The van der Waals surface area contributed by atoms with Crippen LogP contribution >= 0.6 is 11.6 Å². The molecule has 0 fully saturated rings. The molecule has 16 heavy (non-hydrogen) atoms. The maximum Gasteiger partial charge on any atom is 0.120 e. The van der Waals surface area contributed by atoms with E-state index in [0.717, 1.165) is 12.3 Å². The molecule has 0 bridgehead atoms. The molecule has 0 aliphatic heterocycles. The van der Waals surface area contributed by atoms with Crippen LogP contribution in [0, 0.1) is 0 Å². The summed E-state index contributed by atoms with van der Waals surface area (Å²) in [6.07, 6.45) is 1.77. The van der Waals surface area contributed by atoms with E-state index in [0.29, 0.717) is 12.6 Å². The second-order valence-corrected chi connectivity index (χ2v) is 3.78. The van der Waals surface area contributed by atoms with Crippen molar-refractivity contribution >= 4 is 11.6 Å². The van der Waals surface area contributed by atoms with Crippen LogP contribution in [0.4, 0.5) is 0 Å². The summed E-state index contributed by atoms with van der Waals surface area (Å²) in [6, 6.07) is 8.44. The number of hydrogen-bond acceptors (Lipinski definition) is 2. The fourth-order valence-electron chi connectivity index (χ4n) is 1.48. The van der Waals surface area contributed by atoms with E-state index >= 15 is 0 Å². The van der Waals surface area contributed by atoms with Crippen LogP contribution in [0.5, 0.6) is 5.75 Å². The predicted octanol–water partition coefficient (Wildman–Crippen LogP) is 3.49. The molecule has 1 rings (SSSR count). The van der Waals surface area contributed by atoms with Crippen LogP contribution in [0.3, 0.4) is 0 Å². The van der Waals surface area contributed by atoms with Gasteiger partial charge in [-0.1, -0.05) is 30.7 Å². The SMILES string of the molecule is CCNC(C)c1cccc(OC/C=C/Cl)c1. The lowest BCUT2D eigenvalue weighted by Crippen LogP contribution is -2.17. The van der Waals surface area contributed by atoms with Crippen LogP contribution in [0.2, 0.25) is 0 Å². The van der Waals surface area contributed by atoms with Crippen LogP contribution in [0.25, 0.3) is 0 Å². The summed E-state index contributed by atoms with van der Waals surface area (Å²) in [4.78, 5) is 0. The molecule has 2 nitrogen and oxygen atoms in total. The molecule has 0 amide bonds. The Kier molecular flexibility index (Phi) is 5.98. The third-order valence-corrected chi connectivity index (χ3v) is 2.48. The molecule has 0 saturated heterocycles. The summed E-state index contributed by atoms with van der Waals surface area (Å²) in [5, 5.41) is 3.37. The van der Waals surface area contributed by atoms with Crippen molar-refractivity contribution in [2.75, 3.05) is 13.2 Å². The monoisotopic (exact) mass is 239 g/mol. The van der Waals surface area contributed by atoms with Crippen LogP contribution in [0.15, 0.2) is 35.9 Å². The minimum absolute atomic E-state index is 0.345. The third kappa shape index (κ3) is 4.25. The number of halogens is 1. The topological polar surface area (TPSA) is 21.3 Å². The highest BCUT2D eigenvalue weighted by Crippen LogP contribution is 2.18. The minimum Gasteiger partial charge on any atom is -0.489 e. The maximum absolute atomic E-state index is 5.52. The van der Waals surface area contributed by atoms with Gasteiger partial charge in [-0.05, 0) is 37.2 Å². The normalized spacial score (nSPS) is 12.9.